The SMILES string of the molecule is CCN(Cc1ccccc1)S(=O)(=O)c1ccc(C(=O)N=c2sc3cc([N+](=O)[O-])cc(OC)c3n2CC)cc1. The summed E-state index contributed by atoms with van der Waals surface area (Å²) < 4.78 is 35.5. The molecule has 0 N–H and O–H groups in total. The van der Waals surface area contributed by atoms with Gasteiger partial charge in [-0.2, -0.15) is 9.30 Å². The maximum atomic E-state index is 13.2. The van der Waals surface area contributed by atoms with Gasteiger partial charge >= 0.3 is 0 Å². The van der Waals surface area contributed by atoms with Crippen LogP contribution in [0.5, 0.6) is 5.75 Å². The lowest BCUT2D eigenvalue weighted by molar-refractivity contribution is -0.384. The Kier molecular flexibility index (Phi) is 8.05. The van der Waals surface area contributed by atoms with Crippen LogP contribution in [-0.4, -0.2) is 41.8 Å². The standard InChI is InChI=1S/C26H26N4O6S2/c1-4-28(17-18-9-7-6-8-10-18)38(34,35)21-13-11-19(12-14-21)25(31)27-26-29(5-2)24-22(36-3)15-20(30(32)33)16-23(24)37-26/h6-16H,4-5,17H2,1-3H3. The topological polar surface area (TPSA) is 124 Å². The second-order valence-corrected chi connectivity index (χ2v) is 11.2. The van der Waals surface area contributed by atoms with Gasteiger partial charge in [0.15, 0.2) is 10.6 Å². The second-order valence-electron chi connectivity index (χ2n) is 8.24. The Morgan fingerprint density at radius 3 is 2.37 bits per heavy atom. The first-order chi connectivity index (χ1) is 18.2. The fourth-order valence-corrected chi connectivity index (χ4v) is 6.60. The lowest BCUT2D eigenvalue weighted by Crippen LogP contribution is -2.30. The second kappa shape index (κ2) is 11.3. The molecular formula is C26H26N4O6S2. The zero-order valence-corrected chi connectivity index (χ0v) is 22.7. The van der Waals surface area contributed by atoms with Gasteiger partial charge in [0.25, 0.3) is 11.6 Å². The van der Waals surface area contributed by atoms with Crippen LogP contribution in [0.3, 0.4) is 0 Å². The number of nitro groups is 1. The van der Waals surface area contributed by atoms with Crippen LogP contribution in [0.2, 0.25) is 0 Å². The minimum atomic E-state index is -3.78. The van der Waals surface area contributed by atoms with Gasteiger partial charge in [0.05, 0.1) is 27.7 Å². The number of fused-ring (bicyclic) bond motifs is 1. The quantitative estimate of drug-likeness (QED) is 0.220. The van der Waals surface area contributed by atoms with Gasteiger partial charge in [-0.3, -0.25) is 14.9 Å². The number of benzene rings is 3. The highest BCUT2D eigenvalue weighted by atomic mass is 32.2. The molecule has 0 aliphatic heterocycles. The van der Waals surface area contributed by atoms with Crippen LogP contribution >= 0.6 is 11.3 Å². The van der Waals surface area contributed by atoms with E-state index in [1.54, 1.807) is 11.5 Å². The summed E-state index contributed by atoms with van der Waals surface area (Å²) in [5.41, 5.74) is 1.57. The Morgan fingerprint density at radius 2 is 1.79 bits per heavy atom. The summed E-state index contributed by atoms with van der Waals surface area (Å²) in [6, 6.07) is 17.7. The van der Waals surface area contributed by atoms with E-state index in [2.05, 4.69) is 4.99 Å². The summed E-state index contributed by atoms with van der Waals surface area (Å²) in [4.78, 5) is 28.5. The predicted molar refractivity (Wildman–Crippen MR) is 145 cm³/mol. The molecule has 4 aromatic rings. The molecule has 0 saturated carbocycles. The van der Waals surface area contributed by atoms with E-state index in [1.165, 1.54) is 47.8 Å². The van der Waals surface area contributed by atoms with Crippen molar-refractivity contribution in [3.8, 4) is 5.75 Å². The fourth-order valence-electron chi connectivity index (χ4n) is 4.02. The number of sulfonamides is 1. The Bertz CT molecular complexity index is 1660. The molecule has 1 heterocycles. The first kappa shape index (κ1) is 27.2. The summed E-state index contributed by atoms with van der Waals surface area (Å²) in [6.45, 7) is 4.61. The maximum Gasteiger partial charge on any atom is 0.279 e. The Hall–Kier alpha value is -3.87. The van der Waals surface area contributed by atoms with Crippen molar-refractivity contribution in [1.82, 2.24) is 8.87 Å². The third kappa shape index (κ3) is 5.37. The van der Waals surface area contributed by atoms with Crippen molar-refractivity contribution in [2.24, 2.45) is 4.99 Å². The van der Waals surface area contributed by atoms with Gasteiger partial charge in [0.2, 0.25) is 10.0 Å². The molecule has 0 radical (unpaired) electrons. The van der Waals surface area contributed by atoms with Crippen LogP contribution in [-0.2, 0) is 23.1 Å². The maximum absolute atomic E-state index is 13.2. The van der Waals surface area contributed by atoms with Gasteiger partial charge in [0.1, 0.15) is 5.52 Å². The van der Waals surface area contributed by atoms with Gasteiger partial charge in [-0.25, -0.2) is 8.42 Å². The third-order valence-corrected chi connectivity index (χ3v) is 8.92. The average molecular weight is 555 g/mol. The molecule has 38 heavy (non-hydrogen) atoms. The van der Waals surface area contributed by atoms with Gasteiger partial charge in [-0.05, 0) is 36.8 Å². The zero-order valence-electron chi connectivity index (χ0n) is 21.0. The number of carbonyl (C=O) groups is 1. The predicted octanol–water partition coefficient (Wildman–Crippen LogP) is 4.59. The number of nitrogens with zero attached hydrogens (tertiary/aromatic N) is 4. The molecule has 0 saturated heterocycles. The van der Waals surface area contributed by atoms with Gasteiger partial charge in [-0.1, -0.05) is 48.6 Å². The molecule has 1 amide bonds. The van der Waals surface area contributed by atoms with E-state index in [1.807, 2.05) is 37.3 Å². The lowest BCUT2D eigenvalue weighted by Gasteiger charge is -2.20. The van der Waals surface area contributed by atoms with Crippen molar-refractivity contribution in [2.75, 3.05) is 13.7 Å². The summed E-state index contributed by atoms with van der Waals surface area (Å²) in [7, 11) is -2.35. The fraction of sp³-hybridized carbons (Fsp3) is 0.231. The first-order valence-electron chi connectivity index (χ1n) is 11.8. The third-order valence-electron chi connectivity index (χ3n) is 5.96. The molecule has 0 atom stereocenters. The van der Waals surface area contributed by atoms with Crippen molar-refractivity contribution in [2.45, 2.75) is 31.8 Å². The Morgan fingerprint density at radius 1 is 1.11 bits per heavy atom. The van der Waals surface area contributed by atoms with Crippen molar-refractivity contribution >= 4 is 43.2 Å². The molecule has 3 aromatic carbocycles. The van der Waals surface area contributed by atoms with E-state index in [0.717, 1.165) is 16.9 Å². The van der Waals surface area contributed by atoms with E-state index >= 15 is 0 Å². The largest absolute Gasteiger partial charge is 0.494 e. The van der Waals surface area contributed by atoms with Crippen LogP contribution in [0.1, 0.15) is 29.8 Å². The summed E-state index contributed by atoms with van der Waals surface area (Å²) in [6.07, 6.45) is 0. The summed E-state index contributed by atoms with van der Waals surface area (Å²) in [5.74, 6) is -0.250. The highest BCUT2D eigenvalue weighted by Crippen LogP contribution is 2.32. The number of non-ortho nitro benzene ring substituents is 1. The normalized spacial score (nSPS) is 12.3. The van der Waals surface area contributed by atoms with E-state index in [9.17, 15) is 23.3 Å². The number of aromatic nitrogens is 1. The molecule has 12 heteroatoms. The van der Waals surface area contributed by atoms with Crippen molar-refractivity contribution in [3.63, 3.8) is 0 Å². The molecule has 0 aliphatic carbocycles. The van der Waals surface area contributed by atoms with E-state index in [0.29, 0.717) is 27.3 Å². The van der Waals surface area contributed by atoms with E-state index < -0.39 is 20.9 Å². The number of rotatable bonds is 9. The number of nitro benzene ring substituents is 1. The minimum Gasteiger partial charge on any atom is -0.494 e. The molecule has 10 nitrogen and oxygen atoms in total. The smallest absolute Gasteiger partial charge is 0.279 e. The molecule has 0 spiro atoms. The highest BCUT2D eigenvalue weighted by Gasteiger charge is 2.24. The summed E-state index contributed by atoms with van der Waals surface area (Å²) in [5, 5.41) is 11.3. The Balaban J connectivity index is 1.66. The zero-order chi connectivity index (χ0) is 27.4. The molecule has 4 rings (SSSR count). The molecule has 0 aliphatic rings. The number of aryl methyl sites for hydroxylation is 1. The molecule has 1 aromatic heterocycles. The van der Waals surface area contributed by atoms with Crippen LogP contribution < -0.4 is 9.54 Å². The first-order valence-corrected chi connectivity index (χ1v) is 14.0. The van der Waals surface area contributed by atoms with Crippen LogP contribution in [0, 0.1) is 10.1 Å². The molecule has 0 fully saturated rings. The van der Waals surface area contributed by atoms with E-state index in [4.69, 9.17) is 4.74 Å². The molecular weight excluding hydrogens is 528 g/mol. The highest BCUT2D eigenvalue weighted by molar-refractivity contribution is 7.89. The van der Waals surface area contributed by atoms with Crippen LogP contribution in [0.4, 0.5) is 5.69 Å². The van der Waals surface area contributed by atoms with Gasteiger partial charge in [0, 0.05) is 31.3 Å². The molecule has 0 unspecified atom stereocenters. The number of hydrogen-bond donors (Lipinski definition) is 0. The van der Waals surface area contributed by atoms with E-state index in [-0.39, 0.29) is 29.2 Å². The number of ether oxygens (including phenoxy) is 1. The van der Waals surface area contributed by atoms with Crippen molar-refractivity contribution < 1.29 is 22.9 Å². The lowest BCUT2D eigenvalue weighted by atomic mass is 10.2. The number of amides is 1. The monoisotopic (exact) mass is 554 g/mol. The Labute approximate surface area is 223 Å². The van der Waals surface area contributed by atoms with Crippen LogP contribution in [0.25, 0.3) is 10.2 Å². The van der Waals surface area contributed by atoms with Gasteiger partial charge < -0.3 is 9.30 Å². The molecule has 0 bridgehead atoms. The molecule has 198 valence electrons. The van der Waals surface area contributed by atoms with Crippen molar-refractivity contribution in [1.29, 1.82) is 0 Å². The number of thiazole rings is 1. The average Bonchev–Trinajstić information content (AvgIpc) is 3.28. The number of carbonyl (C=O) groups excluding carboxylic acids is 1. The minimum absolute atomic E-state index is 0.0781. The van der Waals surface area contributed by atoms with Crippen LogP contribution in [0.15, 0.2) is 76.6 Å². The number of hydrogen-bond acceptors (Lipinski definition) is 7. The van der Waals surface area contributed by atoms with Crippen molar-refractivity contribution in [3.05, 3.63) is 92.8 Å². The summed E-state index contributed by atoms with van der Waals surface area (Å²) >= 11 is 1.14. The number of methoxy groups -OCH3 is 1. The van der Waals surface area contributed by atoms with Gasteiger partial charge in [-0.15, -0.1) is 0 Å².